The van der Waals surface area contributed by atoms with Gasteiger partial charge in [0.15, 0.2) is 0 Å². The van der Waals surface area contributed by atoms with Crippen LogP contribution in [0.15, 0.2) is 25.3 Å². The summed E-state index contributed by atoms with van der Waals surface area (Å²) in [5.74, 6) is 0. The van der Waals surface area contributed by atoms with Gasteiger partial charge in [-0.25, -0.2) is 0 Å². The average molecular weight is 236 g/mol. The monoisotopic (exact) mass is 236 g/mol. The van der Waals surface area contributed by atoms with Crippen LogP contribution in [0.4, 0.5) is 0 Å². The largest absolute Gasteiger partial charge is 0.375 e. The van der Waals surface area contributed by atoms with Crippen LogP contribution in [0.5, 0.6) is 0 Å². The van der Waals surface area contributed by atoms with Crippen LogP contribution in [0, 0.1) is 0 Å². The standard InChI is InChI=1S/C12H22O.C4H6/c1-3-7-11(8-4-1)13-12-9-5-2-6-10-12;1-3-4-2/h11-12H,1-10H2;3-4H,1-2H2. The Morgan fingerprint density at radius 3 is 1.29 bits per heavy atom. The Morgan fingerprint density at radius 1 is 0.647 bits per heavy atom. The van der Waals surface area contributed by atoms with E-state index in [0.717, 1.165) is 0 Å². The van der Waals surface area contributed by atoms with E-state index in [1.807, 2.05) is 0 Å². The molecule has 98 valence electrons. The third kappa shape index (κ3) is 6.68. The molecule has 0 aromatic heterocycles. The normalized spacial score (nSPS) is 22.4. The van der Waals surface area contributed by atoms with Gasteiger partial charge in [0.2, 0.25) is 0 Å². The number of allylic oxidation sites excluding steroid dienone is 2. The lowest BCUT2D eigenvalue weighted by molar-refractivity contribution is -0.0450. The Hall–Kier alpha value is -0.560. The molecular weight excluding hydrogens is 208 g/mol. The highest BCUT2D eigenvalue weighted by molar-refractivity contribution is 4.88. The first-order chi connectivity index (χ1) is 8.36. The van der Waals surface area contributed by atoms with Crippen molar-refractivity contribution in [3.05, 3.63) is 25.3 Å². The Labute approximate surface area is 107 Å². The third-order valence-electron chi connectivity index (χ3n) is 3.66. The summed E-state index contributed by atoms with van der Waals surface area (Å²) >= 11 is 0. The summed E-state index contributed by atoms with van der Waals surface area (Å²) in [7, 11) is 0. The molecule has 0 radical (unpaired) electrons. The maximum atomic E-state index is 6.13. The van der Waals surface area contributed by atoms with Crippen LogP contribution in [0.1, 0.15) is 64.2 Å². The molecule has 0 spiro atoms. The van der Waals surface area contributed by atoms with E-state index in [4.69, 9.17) is 4.74 Å². The third-order valence-corrected chi connectivity index (χ3v) is 3.66. The Balaban J connectivity index is 0.000000317. The zero-order chi connectivity index (χ0) is 12.3. The molecule has 1 nitrogen and oxygen atoms in total. The molecule has 2 aliphatic carbocycles. The lowest BCUT2D eigenvalue weighted by Gasteiger charge is -2.29. The van der Waals surface area contributed by atoms with E-state index in [-0.39, 0.29) is 0 Å². The summed E-state index contributed by atoms with van der Waals surface area (Å²) < 4.78 is 6.13. The Kier molecular flexibility index (Phi) is 8.08. The molecule has 17 heavy (non-hydrogen) atoms. The van der Waals surface area contributed by atoms with Crippen LogP contribution in [-0.4, -0.2) is 12.2 Å². The predicted molar refractivity (Wildman–Crippen MR) is 75.2 cm³/mol. The maximum Gasteiger partial charge on any atom is 0.0578 e. The van der Waals surface area contributed by atoms with E-state index < -0.39 is 0 Å². The second kappa shape index (κ2) is 9.47. The molecule has 2 fully saturated rings. The zero-order valence-corrected chi connectivity index (χ0v) is 11.2. The van der Waals surface area contributed by atoms with Crippen LogP contribution in [-0.2, 0) is 4.74 Å². The number of rotatable bonds is 3. The summed E-state index contributed by atoms with van der Waals surface area (Å²) in [5, 5.41) is 0. The van der Waals surface area contributed by atoms with Crippen molar-refractivity contribution in [2.24, 2.45) is 0 Å². The molecule has 0 atom stereocenters. The second-order valence-electron chi connectivity index (χ2n) is 5.13. The molecule has 0 saturated heterocycles. The molecule has 0 unspecified atom stereocenters. The first kappa shape index (κ1) is 14.5. The van der Waals surface area contributed by atoms with Crippen LogP contribution in [0.25, 0.3) is 0 Å². The minimum atomic E-state index is 0.622. The van der Waals surface area contributed by atoms with Crippen LogP contribution >= 0.6 is 0 Å². The van der Waals surface area contributed by atoms with Crippen molar-refractivity contribution in [1.29, 1.82) is 0 Å². The molecule has 0 bridgehead atoms. The van der Waals surface area contributed by atoms with Gasteiger partial charge in [0.05, 0.1) is 12.2 Å². The molecule has 2 aliphatic rings. The van der Waals surface area contributed by atoms with Crippen LogP contribution < -0.4 is 0 Å². The van der Waals surface area contributed by atoms with E-state index in [1.165, 1.54) is 64.2 Å². The minimum absolute atomic E-state index is 0.622. The van der Waals surface area contributed by atoms with Gasteiger partial charge in [0.1, 0.15) is 0 Å². The Morgan fingerprint density at radius 2 is 1.00 bits per heavy atom. The topological polar surface area (TPSA) is 9.23 Å². The summed E-state index contributed by atoms with van der Waals surface area (Å²) in [6.45, 7) is 6.72. The van der Waals surface area contributed by atoms with Crippen molar-refractivity contribution in [3.63, 3.8) is 0 Å². The van der Waals surface area contributed by atoms with Gasteiger partial charge in [0, 0.05) is 0 Å². The van der Waals surface area contributed by atoms with Gasteiger partial charge in [-0.1, -0.05) is 63.8 Å². The first-order valence-electron chi connectivity index (χ1n) is 7.25. The number of ether oxygens (including phenoxy) is 1. The van der Waals surface area contributed by atoms with E-state index in [9.17, 15) is 0 Å². The summed E-state index contributed by atoms with van der Waals surface area (Å²) in [6, 6.07) is 0. The average Bonchev–Trinajstić information content (AvgIpc) is 2.41. The summed E-state index contributed by atoms with van der Waals surface area (Å²) in [6.07, 6.45) is 18.3. The molecule has 1 heteroatoms. The molecular formula is C16H28O. The van der Waals surface area contributed by atoms with E-state index in [0.29, 0.717) is 12.2 Å². The van der Waals surface area contributed by atoms with E-state index in [1.54, 1.807) is 12.2 Å². The van der Waals surface area contributed by atoms with Crippen LogP contribution in [0.3, 0.4) is 0 Å². The number of hydrogen-bond donors (Lipinski definition) is 0. The van der Waals surface area contributed by atoms with Gasteiger partial charge in [-0.3, -0.25) is 0 Å². The lowest BCUT2D eigenvalue weighted by atomic mass is 9.95. The van der Waals surface area contributed by atoms with Gasteiger partial charge in [-0.15, -0.1) is 0 Å². The minimum Gasteiger partial charge on any atom is -0.375 e. The van der Waals surface area contributed by atoms with E-state index in [2.05, 4.69) is 13.2 Å². The predicted octanol–water partition coefficient (Wildman–Crippen LogP) is 5.03. The maximum absolute atomic E-state index is 6.13. The van der Waals surface area contributed by atoms with Gasteiger partial charge < -0.3 is 4.74 Å². The van der Waals surface area contributed by atoms with E-state index >= 15 is 0 Å². The molecule has 0 N–H and O–H groups in total. The lowest BCUT2D eigenvalue weighted by Crippen LogP contribution is -2.25. The van der Waals surface area contributed by atoms with Crippen molar-refractivity contribution in [1.82, 2.24) is 0 Å². The van der Waals surface area contributed by atoms with Gasteiger partial charge in [0.25, 0.3) is 0 Å². The highest BCUT2D eigenvalue weighted by atomic mass is 16.5. The fourth-order valence-corrected chi connectivity index (χ4v) is 2.67. The van der Waals surface area contributed by atoms with Crippen molar-refractivity contribution < 1.29 is 4.74 Å². The Bertz CT molecular complexity index is 176. The second-order valence-corrected chi connectivity index (χ2v) is 5.13. The van der Waals surface area contributed by atoms with Gasteiger partial charge in [-0.2, -0.15) is 0 Å². The molecule has 2 rings (SSSR count). The highest BCUT2D eigenvalue weighted by Gasteiger charge is 2.20. The summed E-state index contributed by atoms with van der Waals surface area (Å²) in [4.78, 5) is 0. The van der Waals surface area contributed by atoms with Crippen molar-refractivity contribution in [2.75, 3.05) is 0 Å². The SMILES string of the molecule is C1CCC(OC2CCCCC2)CC1.C=CC=C. The van der Waals surface area contributed by atoms with Crippen molar-refractivity contribution in [2.45, 2.75) is 76.4 Å². The van der Waals surface area contributed by atoms with Gasteiger partial charge >= 0.3 is 0 Å². The zero-order valence-electron chi connectivity index (χ0n) is 11.2. The molecule has 0 amide bonds. The van der Waals surface area contributed by atoms with Crippen molar-refractivity contribution >= 4 is 0 Å². The fourth-order valence-electron chi connectivity index (χ4n) is 2.67. The van der Waals surface area contributed by atoms with Gasteiger partial charge in [-0.05, 0) is 25.7 Å². The summed E-state index contributed by atoms with van der Waals surface area (Å²) in [5.41, 5.74) is 0. The number of hydrogen-bond acceptors (Lipinski definition) is 1. The molecule has 2 saturated carbocycles. The highest BCUT2D eigenvalue weighted by Crippen LogP contribution is 2.26. The van der Waals surface area contributed by atoms with Crippen LogP contribution in [0.2, 0.25) is 0 Å². The molecule has 0 aromatic rings. The molecule has 0 aromatic carbocycles. The first-order valence-corrected chi connectivity index (χ1v) is 7.25. The smallest absolute Gasteiger partial charge is 0.0578 e. The van der Waals surface area contributed by atoms with Crippen molar-refractivity contribution in [3.8, 4) is 0 Å². The molecule has 0 aliphatic heterocycles. The fraction of sp³-hybridized carbons (Fsp3) is 0.750. The quantitative estimate of drug-likeness (QED) is 0.625. The molecule has 0 heterocycles.